The summed E-state index contributed by atoms with van der Waals surface area (Å²) in [6.45, 7) is 7.87. The van der Waals surface area contributed by atoms with Crippen molar-refractivity contribution in [3.63, 3.8) is 0 Å². The minimum absolute atomic E-state index is 0.102. The third-order valence-electron chi connectivity index (χ3n) is 5.06. The van der Waals surface area contributed by atoms with Crippen molar-refractivity contribution in [3.8, 4) is 11.5 Å². The Balaban J connectivity index is 2.06. The van der Waals surface area contributed by atoms with E-state index < -0.39 is 12.0 Å². The second kappa shape index (κ2) is 9.43. The van der Waals surface area contributed by atoms with E-state index in [9.17, 15) is 9.90 Å². The number of hydrogen-bond acceptors (Lipinski definition) is 5. The van der Waals surface area contributed by atoms with Gasteiger partial charge in [-0.15, -0.1) is 11.3 Å². The molecule has 28 heavy (non-hydrogen) atoms. The Kier molecular flexibility index (Phi) is 6.97. The number of aliphatic carboxylic acids is 1. The van der Waals surface area contributed by atoms with Gasteiger partial charge in [0.15, 0.2) is 11.5 Å². The summed E-state index contributed by atoms with van der Waals surface area (Å²) in [5.74, 6) is 0.695. The van der Waals surface area contributed by atoms with Crippen molar-refractivity contribution in [2.45, 2.75) is 52.1 Å². The lowest BCUT2D eigenvalue weighted by atomic mass is 9.95. The SMILES string of the molecule is CCOc1ccc(C(c2cc(C)cs2)N2CCCCC2C(=O)O)cc1OCC. The molecule has 1 aliphatic heterocycles. The number of nitrogens with zero attached hydrogens (tertiary/aromatic N) is 1. The number of ether oxygens (including phenoxy) is 2. The number of carboxylic acids is 1. The van der Waals surface area contributed by atoms with Crippen LogP contribution in [0.5, 0.6) is 11.5 Å². The highest BCUT2D eigenvalue weighted by atomic mass is 32.1. The molecular formula is C22H29NO4S. The Bertz CT molecular complexity index is 804. The zero-order valence-electron chi connectivity index (χ0n) is 16.8. The van der Waals surface area contributed by atoms with Gasteiger partial charge in [-0.05, 0) is 74.9 Å². The summed E-state index contributed by atoms with van der Waals surface area (Å²) in [6, 6.07) is 7.59. The number of hydrogen-bond donors (Lipinski definition) is 1. The Morgan fingerprint density at radius 1 is 1.21 bits per heavy atom. The van der Waals surface area contributed by atoms with Gasteiger partial charge in [-0.3, -0.25) is 9.69 Å². The summed E-state index contributed by atoms with van der Waals surface area (Å²) < 4.78 is 11.5. The molecule has 1 aliphatic rings. The van der Waals surface area contributed by atoms with Crippen LogP contribution in [0.15, 0.2) is 29.6 Å². The molecule has 0 saturated carbocycles. The Hall–Kier alpha value is -2.05. The first-order valence-corrected chi connectivity index (χ1v) is 10.9. The molecule has 5 nitrogen and oxygen atoms in total. The average Bonchev–Trinajstić information content (AvgIpc) is 3.10. The molecule has 0 aliphatic carbocycles. The number of rotatable bonds is 8. The summed E-state index contributed by atoms with van der Waals surface area (Å²) in [7, 11) is 0. The molecular weight excluding hydrogens is 374 g/mol. The van der Waals surface area contributed by atoms with Crippen LogP contribution in [0.4, 0.5) is 0 Å². The third-order valence-corrected chi connectivity index (χ3v) is 6.17. The van der Waals surface area contributed by atoms with Gasteiger partial charge in [-0.2, -0.15) is 0 Å². The van der Waals surface area contributed by atoms with Crippen LogP contribution in [0.3, 0.4) is 0 Å². The molecule has 2 atom stereocenters. The average molecular weight is 404 g/mol. The number of aryl methyl sites for hydroxylation is 1. The van der Waals surface area contributed by atoms with Gasteiger partial charge < -0.3 is 14.6 Å². The molecule has 1 fully saturated rings. The predicted molar refractivity (Wildman–Crippen MR) is 112 cm³/mol. The van der Waals surface area contributed by atoms with E-state index in [-0.39, 0.29) is 6.04 Å². The summed E-state index contributed by atoms with van der Waals surface area (Å²) in [4.78, 5) is 15.3. The van der Waals surface area contributed by atoms with Gasteiger partial charge in [0.2, 0.25) is 0 Å². The van der Waals surface area contributed by atoms with Crippen LogP contribution in [0.25, 0.3) is 0 Å². The lowest BCUT2D eigenvalue weighted by Crippen LogP contribution is -2.46. The van der Waals surface area contributed by atoms with Gasteiger partial charge >= 0.3 is 5.97 Å². The number of thiophene rings is 1. The second-order valence-corrected chi connectivity index (χ2v) is 8.03. The summed E-state index contributed by atoms with van der Waals surface area (Å²) >= 11 is 1.69. The van der Waals surface area contributed by atoms with E-state index in [0.717, 1.165) is 35.6 Å². The summed E-state index contributed by atoms with van der Waals surface area (Å²) in [6.07, 6.45) is 2.66. The highest BCUT2D eigenvalue weighted by molar-refractivity contribution is 7.10. The maximum atomic E-state index is 12.0. The fourth-order valence-electron chi connectivity index (χ4n) is 3.88. The Morgan fingerprint density at radius 3 is 2.61 bits per heavy atom. The van der Waals surface area contributed by atoms with Crippen LogP contribution in [0.2, 0.25) is 0 Å². The lowest BCUT2D eigenvalue weighted by Gasteiger charge is -2.39. The maximum absolute atomic E-state index is 12.0. The molecule has 1 saturated heterocycles. The van der Waals surface area contributed by atoms with Crippen LogP contribution < -0.4 is 9.47 Å². The smallest absolute Gasteiger partial charge is 0.320 e. The molecule has 2 unspecified atom stereocenters. The second-order valence-electron chi connectivity index (χ2n) is 7.09. The van der Waals surface area contributed by atoms with E-state index >= 15 is 0 Å². The predicted octanol–water partition coefficient (Wildman–Crippen LogP) is 4.88. The van der Waals surface area contributed by atoms with Crippen molar-refractivity contribution in [1.29, 1.82) is 0 Å². The van der Waals surface area contributed by atoms with Gasteiger partial charge in [0.25, 0.3) is 0 Å². The zero-order chi connectivity index (χ0) is 20.1. The molecule has 1 aromatic carbocycles. The van der Waals surface area contributed by atoms with Gasteiger partial charge in [-0.25, -0.2) is 0 Å². The van der Waals surface area contributed by atoms with Crippen molar-refractivity contribution >= 4 is 17.3 Å². The van der Waals surface area contributed by atoms with Crippen molar-refractivity contribution in [2.75, 3.05) is 19.8 Å². The van der Waals surface area contributed by atoms with E-state index in [1.54, 1.807) is 11.3 Å². The van der Waals surface area contributed by atoms with Gasteiger partial charge in [0, 0.05) is 4.88 Å². The lowest BCUT2D eigenvalue weighted by molar-refractivity contribution is -0.145. The van der Waals surface area contributed by atoms with Crippen LogP contribution in [-0.2, 0) is 4.79 Å². The van der Waals surface area contributed by atoms with Crippen molar-refractivity contribution < 1.29 is 19.4 Å². The maximum Gasteiger partial charge on any atom is 0.320 e. The molecule has 0 radical (unpaired) electrons. The van der Waals surface area contributed by atoms with E-state index in [4.69, 9.17) is 9.47 Å². The topological polar surface area (TPSA) is 59.0 Å². The molecule has 6 heteroatoms. The molecule has 152 valence electrons. The van der Waals surface area contributed by atoms with Crippen LogP contribution in [-0.4, -0.2) is 41.8 Å². The molecule has 1 aromatic heterocycles. The number of carboxylic acid groups (broad SMARTS) is 1. The minimum Gasteiger partial charge on any atom is -0.490 e. The number of carbonyl (C=O) groups is 1. The Labute approximate surface area is 170 Å². The van der Waals surface area contributed by atoms with Crippen molar-refractivity contribution in [2.24, 2.45) is 0 Å². The van der Waals surface area contributed by atoms with Gasteiger partial charge in [-0.1, -0.05) is 12.5 Å². The normalized spacial score (nSPS) is 18.6. The van der Waals surface area contributed by atoms with Gasteiger partial charge in [0.1, 0.15) is 6.04 Å². The van der Waals surface area contributed by atoms with Crippen molar-refractivity contribution in [3.05, 3.63) is 45.6 Å². The zero-order valence-corrected chi connectivity index (χ0v) is 17.6. The van der Waals surface area contributed by atoms with Crippen LogP contribution in [0, 0.1) is 6.92 Å². The van der Waals surface area contributed by atoms with E-state index in [1.165, 1.54) is 5.56 Å². The molecule has 2 heterocycles. The van der Waals surface area contributed by atoms with E-state index in [1.807, 2.05) is 32.0 Å². The number of piperidine rings is 1. The fraction of sp³-hybridized carbons (Fsp3) is 0.500. The molecule has 0 spiro atoms. The molecule has 2 aromatic rings. The van der Waals surface area contributed by atoms with E-state index in [0.29, 0.717) is 25.4 Å². The summed E-state index contributed by atoms with van der Waals surface area (Å²) in [5.41, 5.74) is 2.24. The quantitative estimate of drug-likeness (QED) is 0.680. The molecule has 0 amide bonds. The summed E-state index contributed by atoms with van der Waals surface area (Å²) in [5, 5.41) is 12.0. The highest BCUT2D eigenvalue weighted by Crippen LogP contribution is 2.40. The van der Waals surface area contributed by atoms with Crippen LogP contribution >= 0.6 is 11.3 Å². The van der Waals surface area contributed by atoms with E-state index in [2.05, 4.69) is 23.3 Å². The molecule has 1 N–H and O–H groups in total. The monoisotopic (exact) mass is 403 g/mol. The highest BCUT2D eigenvalue weighted by Gasteiger charge is 2.36. The van der Waals surface area contributed by atoms with Crippen molar-refractivity contribution in [1.82, 2.24) is 4.90 Å². The molecule has 3 rings (SSSR count). The number of likely N-dealkylation sites (tertiary alicyclic amines) is 1. The first-order chi connectivity index (χ1) is 13.5. The minimum atomic E-state index is -0.742. The molecule has 0 bridgehead atoms. The number of benzene rings is 1. The van der Waals surface area contributed by atoms with Crippen LogP contribution in [0.1, 0.15) is 55.2 Å². The standard InChI is InChI=1S/C22H29NO4S/c1-4-26-18-10-9-16(13-19(18)27-5-2)21(20-12-15(3)14-28-20)23-11-7-6-8-17(23)22(24)25/h9-10,12-14,17,21H,4-8,11H2,1-3H3,(H,24,25). The first-order valence-electron chi connectivity index (χ1n) is 9.98. The largest absolute Gasteiger partial charge is 0.490 e. The third kappa shape index (κ3) is 4.50. The fourth-order valence-corrected chi connectivity index (χ4v) is 4.93. The van der Waals surface area contributed by atoms with Gasteiger partial charge in [0.05, 0.1) is 19.3 Å². The Morgan fingerprint density at radius 2 is 1.96 bits per heavy atom. The first kappa shape index (κ1) is 20.7.